The molecule has 0 aromatic carbocycles. The van der Waals surface area contributed by atoms with Gasteiger partial charge in [0.25, 0.3) is 5.91 Å². The number of nitrogens with zero attached hydrogens (tertiary/aromatic N) is 2. The summed E-state index contributed by atoms with van der Waals surface area (Å²) in [4.78, 5) is 18.2. The van der Waals surface area contributed by atoms with Crippen LogP contribution in [0.4, 0.5) is 0 Å². The van der Waals surface area contributed by atoms with Gasteiger partial charge in [-0.3, -0.25) is 4.79 Å². The lowest BCUT2D eigenvalue weighted by Crippen LogP contribution is -2.45. The average molecular weight is 332 g/mol. The van der Waals surface area contributed by atoms with Crippen molar-refractivity contribution < 1.29 is 9.53 Å². The molecular weight excluding hydrogens is 320 g/mol. The van der Waals surface area contributed by atoms with Crippen LogP contribution >= 0.6 is 27.5 Å². The molecule has 3 heterocycles. The van der Waals surface area contributed by atoms with Crippen LogP contribution in [-0.4, -0.2) is 41.1 Å². The Morgan fingerprint density at radius 2 is 2.11 bits per heavy atom. The minimum atomic E-state index is -0.0611. The molecule has 2 atom stereocenters. The summed E-state index contributed by atoms with van der Waals surface area (Å²) in [6, 6.07) is 1.72. The number of halogens is 2. The fraction of sp³-hybridized carbons (Fsp3) is 0.500. The van der Waals surface area contributed by atoms with Crippen molar-refractivity contribution in [3.8, 4) is 0 Å². The Morgan fingerprint density at radius 3 is 2.78 bits per heavy atom. The van der Waals surface area contributed by atoms with Gasteiger partial charge >= 0.3 is 0 Å². The highest BCUT2D eigenvalue weighted by molar-refractivity contribution is 9.10. The Balaban J connectivity index is 1.84. The summed E-state index contributed by atoms with van der Waals surface area (Å²) in [5.41, 5.74) is 0.451. The third-order valence-corrected chi connectivity index (χ3v) is 4.10. The van der Waals surface area contributed by atoms with Gasteiger partial charge in [0.05, 0.1) is 17.8 Å². The third-order valence-electron chi connectivity index (χ3n) is 3.37. The average Bonchev–Trinajstić information content (AvgIpc) is 2.70. The fourth-order valence-corrected chi connectivity index (χ4v) is 3.04. The van der Waals surface area contributed by atoms with E-state index in [2.05, 4.69) is 20.9 Å². The van der Waals surface area contributed by atoms with Crippen LogP contribution in [0.5, 0.6) is 0 Å². The van der Waals surface area contributed by atoms with Crippen LogP contribution in [0.3, 0.4) is 0 Å². The van der Waals surface area contributed by atoms with E-state index in [4.69, 9.17) is 16.3 Å². The summed E-state index contributed by atoms with van der Waals surface area (Å²) in [6.07, 6.45) is 4.04. The van der Waals surface area contributed by atoms with Gasteiger partial charge in [-0.15, -0.1) is 0 Å². The van der Waals surface area contributed by atoms with Crippen molar-refractivity contribution in [3.05, 3.63) is 27.5 Å². The molecule has 0 aliphatic carbocycles. The van der Waals surface area contributed by atoms with E-state index in [9.17, 15) is 4.79 Å². The molecule has 2 saturated heterocycles. The zero-order chi connectivity index (χ0) is 12.7. The van der Waals surface area contributed by atoms with Gasteiger partial charge in [-0.1, -0.05) is 11.6 Å². The summed E-state index contributed by atoms with van der Waals surface area (Å²) < 4.78 is 6.47. The molecule has 18 heavy (non-hydrogen) atoms. The van der Waals surface area contributed by atoms with E-state index in [1.807, 2.05) is 4.90 Å². The summed E-state index contributed by atoms with van der Waals surface area (Å²) >= 11 is 9.30. The van der Waals surface area contributed by atoms with Crippen molar-refractivity contribution in [2.45, 2.75) is 25.0 Å². The molecule has 96 valence electrons. The maximum absolute atomic E-state index is 12.4. The largest absolute Gasteiger partial charge is 0.371 e. The summed E-state index contributed by atoms with van der Waals surface area (Å²) in [6.45, 7) is 1.30. The van der Waals surface area contributed by atoms with E-state index >= 15 is 0 Å². The van der Waals surface area contributed by atoms with Crippen molar-refractivity contribution in [1.82, 2.24) is 9.88 Å². The zero-order valence-electron chi connectivity index (χ0n) is 9.60. The van der Waals surface area contributed by atoms with Crippen LogP contribution in [0, 0.1) is 0 Å². The third kappa shape index (κ3) is 2.27. The second-order valence-electron chi connectivity index (χ2n) is 4.66. The van der Waals surface area contributed by atoms with Crippen LogP contribution in [0.15, 0.2) is 16.7 Å². The molecule has 2 fully saturated rings. The number of likely N-dealkylation sites (tertiary alicyclic amines) is 1. The summed E-state index contributed by atoms with van der Waals surface area (Å²) in [5.74, 6) is -0.0611. The molecule has 2 bridgehead atoms. The highest BCUT2D eigenvalue weighted by Crippen LogP contribution is 2.28. The second-order valence-corrected chi connectivity index (χ2v) is 5.93. The molecule has 0 spiro atoms. The first-order chi connectivity index (χ1) is 8.63. The quantitative estimate of drug-likeness (QED) is 0.743. The predicted octanol–water partition coefficient (Wildman–Crippen LogP) is 2.50. The number of pyridine rings is 1. The van der Waals surface area contributed by atoms with Gasteiger partial charge in [0.2, 0.25) is 0 Å². The smallest absolute Gasteiger partial charge is 0.257 e. The van der Waals surface area contributed by atoms with Crippen molar-refractivity contribution in [1.29, 1.82) is 0 Å². The number of fused-ring (bicyclic) bond motifs is 2. The molecule has 2 unspecified atom stereocenters. The van der Waals surface area contributed by atoms with E-state index < -0.39 is 0 Å². The zero-order valence-corrected chi connectivity index (χ0v) is 11.9. The number of rotatable bonds is 1. The molecule has 1 amide bonds. The molecule has 1 aromatic heterocycles. The number of amides is 1. The van der Waals surface area contributed by atoms with Crippen molar-refractivity contribution in [2.75, 3.05) is 13.1 Å². The SMILES string of the molecule is O=C(c1cc(Br)cnc1Cl)N1CC2CCC(C1)O2. The Labute approximate surface area is 118 Å². The van der Waals surface area contributed by atoms with Gasteiger partial charge < -0.3 is 9.64 Å². The number of aromatic nitrogens is 1. The minimum Gasteiger partial charge on any atom is -0.371 e. The summed E-state index contributed by atoms with van der Waals surface area (Å²) in [5, 5.41) is 0.252. The van der Waals surface area contributed by atoms with Crippen molar-refractivity contribution >= 4 is 33.4 Å². The van der Waals surface area contributed by atoms with E-state index in [0.717, 1.165) is 17.3 Å². The number of carbonyl (C=O) groups is 1. The van der Waals surface area contributed by atoms with Gasteiger partial charge in [0, 0.05) is 23.8 Å². The number of morpholine rings is 1. The molecule has 4 nitrogen and oxygen atoms in total. The Morgan fingerprint density at radius 1 is 1.44 bits per heavy atom. The number of ether oxygens (including phenoxy) is 1. The first kappa shape index (κ1) is 12.4. The maximum atomic E-state index is 12.4. The molecular formula is C12H12BrClN2O2. The normalized spacial score (nSPS) is 26.4. The monoisotopic (exact) mass is 330 g/mol. The molecule has 2 aliphatic rings. The van der Waals surface area contributed by atoms with Crippen LogP contribution in [0.1, 0.15) is 23.2 Å². The lowest BCUT2D eigenvalue weighted by Gasteiger charge is -2.32. The standard InChI is InChI=1S/C12H12BrClN2O2/c13-7-3-10(11(14)15-4-7)12(17)16-5-8-1-2-9(6-16)18-8/h3-4,8-9H,1-2,5-6H2. The molecule has 6 heteroatoms. The Bertz CT molecular complexity index is 485. The first-order valence-electron chi connectivity index (χ1n) is 5.89. The Kier molecular flexibility index (Phi) is 3.30. The molecule has 1 aromatic rings. The molecule has 0 N–H and O–H groups in total. The molecule has 0 saturated carbocycles. The van der Waals surface area contributed by atoms with E-state index in [-0.39, 0.29) is 23.3 Å². The van der Waals surface area contributed by atoms with Gasteiger partial charge in [-0.2, -0.15) is 0 Å². The van der Waals surface area contributed by atoms with Gasteiger partial charge in [0.15, 0.2) is 0 Å². The van der Waals surface area contributed by atoms with E-state index in [1.54, 1.807) is 12.3 Å². The van der Waals surface area contributed by atoms with Crippen LogP contribution in [0.2, 0.25) is 5.15 Å². The van der Waals surface area contributed by atoms with Gasteiger partial charge in [-0.25, -0.2) is 4.98 Å². The maximum Gasteiger partial charge on any atom is 0.257 e. The molecule has 0 radical (unpaired) electrons. The number of carbonyl (C=O) groups excluding carboxylic acids is 1. The van der Waals surface area contributed by atoms with Crippen LogP contribution < -0.4 is 0 Å². The first-order valence-corrected chi connectivity index (χ1v) is 7.06. The van der Waals surface area contributed by atoms with Gasteiger partial charge in [-0.05, 0) is 34.8 Å². The lowest BCUT2D eigenvalue weighted by molar-refractivity contribution is -0.0303. The highest BCUT2D eigenvalue weighted by Gasteiger charge is 2.36. The Hall–Kier alpha value is -0.650. The highest BCUT2D eigenvalue weighted by atomic mass is 79.9. The fourth-order valence-electron chi connectivity index (χ4n) is 2.52. The van der Waals surface area contributed by atoms with Gasteiger partial charge in [0.1, 0.15) is 5.15 Å². The molecule has 3 rings (SSSR count). The van der Waals surface area contributed by atoms with E-state index in [0.29, 0.717) is 18.7 Å². The van der Waals surface area contributed by atoms with Crippen molar-refractivity contribution in [2.24, 2.45) is 0 Å². The van der Waals surface area contributed by atoms with Crippen LogP contribution in [0.25, 0.3) is 0 Å². The summed E-state index contributed by atoms with van der Waals surface area (Å²) in [7, 11) is 0. The van der Waals surface area contributed by atoms with Crippen molar-refractivity contribution in [3.63, 3.8) is 0 Å². The van der Waals surface area contributed by atoms with Crippen LogP contribution in [-0.2, 0) is 4.74 Å². The molecule has 2 aliphatic heterocycles. The van der Waals surface area contributed by atoms with E-state index in [1.165, 1.54) is 0 Å². The predicted molar refractivity (Wildman–Crippen MR) is 70.7 cm³/mol. The lowest BCUT2D eigenvalue weighted by atomic mass is 10.2. The number of hydrogen-bond acceptors (Lipinski definition) is 3. The topological polar surface area (TPSA) is 42.4 Å². The second kappa shape index (κ2) is 4.79. The minimum absolute atomic E-state index is 0.0611. The number of hydrogen-bond donors (Lipinski definition) is 0.